The summed E-state index contributed by atoms with van der Waals surface area (Å²) in [6, 6.07) is 105. The summed E-state index contributed by atoms with van der Waals surface area (Å²) in [7, 11) is 2.08. The molecule has 1 aliphatic heterocycles. The predicted molar refractivity (Wildman–Crippen MR) is 571 cm³/mol. The van der Waals surface area contributed by atoms with Gasteiger partial charge in [-0.25, -0.2) is 0 Å². The molecule has 0 atom stereocenters. The van der Waals surface area contributed by atoms with E-state index in [4.69, 9.17) is 0 Å². The number of piperazine rings is 1. The lowest BCUT2D eigenvalue weighted by molar-refractivity contribution is -0.126. The summed E-state index contributed by atoms with van der Waals surface area (Å²) in [4.78, 5) is 131. The van der Waals surface area contributed by atoms with Crippen LogP contribution in [-0.4, -0.2) is 108 Å². The Balaban J connectivity index is 0.000000158. The molecule has 141 heavy (non-hydrogen) atoms. The molecular formula is C124H127N7O10. The lowest BCUT2D eigenvalue weighted by Crippen LogP contribution is -2.47. The Morgan fingerprint density at radius 1 is 0.305 bits per heavy atom. The Kier molecular flexibility index (Phi) is 42.2. The van der Waals surface area contributed by atoms with Gasteiger partial charge in [-0.3, -0.25) is 52.8 Å². The average Bonchev–Trinajstić information content (AvgIpc) is 1.66. The minimum Gasteiger partial charge on any atom is -0.319 e. The van der Waals surface area contributed by atoms with Gasteiger partial charge in [0.2, 0.25) is 29.5 Å². The number of amides is 5. The zero-order valence-corrected chi connectivity index (χ0v) is 80.6. The first-order chi connectivity index (χ1) is 68.8. The van der Waals surface area contributed by atoms with Crippen LogP contribution in [0, 0.1) is 29.1 Å². The molecule has 0 aromatic heterocycles. The monoisotopic (exact) mass is 1870 g/mol. The molecule has 17 heteroatoms. The van der Waals surface area contributed by atoms with Crippen molar-refractivity contribution in [1.29, 1.82) is 0 Å². The molecule has 11 aromatic carbocycles. The van der Waals surface area contributed by atoms with Gasteiger partial charge in [-0.1, -0.05) is 373 Å². The Labute approximate surface area is 830 Å². The van der Waals surface area contributed by atoms with Crippen LogP contribution in [-0.2, 0) is 54.4 Å². The van der Waals surface area contributed by atoms with E-state index in [-0.39, 0.29) is 76.0 Å². The van der Waals surface area contributed by atoms with Crippen molar-refractivity contribution in [1.82, 2.24) is 36.4 Å². The maximum atomic E-state index is 13.5. The maximum absolute atomic E-state index is 13.5. The lowest BCUT2D eigenvalue weighted by atomic mass is 9.48. The SMILES string of the molecule is CCCCC(=O)/C(=C/c1ccccc1)NC(=O)/C=C/c1ccccc1.CN1CCN(CC(=O)/C(=C/c2ccccc2)NC(=O)/C=C/c2ccccc2)CC1.O=C(/C=C/c1ccccc1)N/C(=C\c1ccccc1)C(=O)CC12CC3CC(CC(C3)C1)C2.O=C(/C=C/c1ccccc1)N/C(=C\c1ccccc1)C(=O)CC1CCCC1.O=C(/C=C/c1ccccc1)N/C(=C\c1ccccc1)C(=O)Cc1ccccc1. The molecule has 0 radical (unpaired) electrons. The van der Waals surface area contributed by atoms with Gasteiger partial charge in [0.25, 0.3) is 0 Å². The van der Waals surface area contributed by atoms with Gasteiger partial charge in [0.05, 0.1) is 35.0 Å². The highest BCUT2D eigenvalue weighted by molar-refractivity contribution is 6.09. The topological polar surface area (TPSA) is 237 Å². The Hall–Kier alpha value is -15.6. The van der Waals surface area contributed by atoms with E-state index < -0.39 is 0 Å². The number of hydrogen-bond donors (Lipinski definition) is 5. The van der Waals surface area contributed by atoms with E-state index >= 15 is 0 Å². The number of carbonyl (C=O) groups is 10. The zero-order valence-electron chi connectivity index (χ0n) is 80.6. The Morgan fingerprint density at radius 3 is 0.851 bits per heavy atom. The number of hydrogen-bond acceptors (Lipinski definition) is 12. The van der Waals surface area contributed by atoms with Crippen LogP contribution in [0.4, 0.5) is 0 Å². The van der Waals surface area contributed by atoms with Gasteiger partial charge >= 0.3 is 0 Å². The second kappa shape index (κ2) is 57.0. The Bertz CT molecular complexity index is 6170. The van der Waals surface area contributed by atoms with E-state index in [1.807, 2.05) is 347 Å². The van der Waals surface area contributed by atoms with E-state index in [1.54, 1.807) is 54.7 Å². The van der Waals surface area contributed by atoms with Crippen molar-refractivity contribution >= 4 is 119 Å². The van der Waals surface area contributed by atoms with Crippen LogP contribution in [0.1, 0.15) is 164 Å². The van der Waals surface area contributed by atoms with Crippen molar-refractivity contribution in [3.63, 3.8) is 0 Å². The highest BCUT2D eigenvalue weighted by atomic mass is 16.2. The number of ketones is 5. The number of rotatable bonds is 36. The third-order valence-electron chi connectivity index (χ3n) is 25.1. The molecule has 5 aliphatic carbocycles. The van der Waals surface area contributed by atoms with Crippen LogP contribution < -0.4 is 26.6 Å². The summed E-state index contributed by atoms with van der Waals surface area (Å²) < 4.78 is 0. The van der Waals surface area contributed by atoms with Crippen molar-refractivity contribution in [3.8, 4) is 0 Å². The zero-order chi connectivity index (χ0) is 98.9. The fourth-order valence-electron chi connectivity index (χ4n) is 18.2. The van der Waals surface area contributed by atoms with Gasteiger partial charge in [-0.05, 0) is 203 Å². The number of likely N-dealkylation sites (N-methyl/N-ethyl adjacent to an activating group) is 1. The number of unbranched alkanes of at least 4 members (excludes halogenated alkanes) is 1. The van der Waals surface area contributed by atoms with Crippen molar-refractivity contribution in [2.45, 2.75) is 110 Å². The van der Waals surface area contributed by atoms with E-state index in [0.717, 1.165) is 131 Å². The number of nitrogens with zero attached hydrogens (tertiary/aromatic N) is 2. The van der Waals surface area contributed by atoms with Gasteiger partial charge in [0, 0.05) is 82.2 Å². The number of Topliss-reactive ketones (excluding diaryl/α,β-unsaturated/α-hetero) is 5. The molecule has 5 saturated carbocycles. The van der Waals surface area contributed by atoms with Crippen LogP contribution in [0.15, 0.2) is 393 Å². The van der Waals surface area contributed by atoms with Crippen molar-refractivity contribution < 1.29 is 47.9 Å². The number of carbonyl (C=O) groups excluding carboxylic acids is 10. The lowest BCUT2D eigenvalue weighted by Gasteiger charge is -2.56. The summed E-state index contributed by atoms with van der Waals surface area (Å²) in [6.45, 7) is 5.92. The molecule has 6 fully saturated rings. The van der Waals surface area contributed by atoms with Gasteiger partial charge < -0.3 is 31.5 Å². The van der Waals surface area contributed by atoms with Gasteiger partial charge in [0.1, 0.15) is 0 Å². The molecule has 5 N–H and O–H groups in total. The third-order valence-corrected chi connectivity index (χ3v) is 25.1. The molecule has 6 aliphatic rings. The minimum absolute atomic E-state index is 0.00668. The molecule has 0 spiro atoms. The van der Waals surface area contributed by atoms with Crippen LogP contribution in [0.3, 0.4) is 0 Å². The molecule has 5 amide bonds. The number of benzene rings is 11. The van der Waals surface area contributed by atoms with Gasteiger partial charge in [0.15, 0.2) is 28.9 Å². The van der Waals surface area contributed by atoms with Crippen molar-refractivity contribution in [2.24, 2.45) is 29.1 Å². The van der Waals surface area contributed by atoms with Crippen LogP contribution in [0.2, 0.25) is 0 Å². The summed E-state index contributed by atoms with van der Waals surface area (Å²) in [6.07, 6.45) is 40.5. The number of nitrogens with one attached hydrogen (secondary N) is 5. The molecule has 17 nitrogen and oxygen atoms in total. The van der Waals surface area contributed by atoms with Gasteiger partial charge in [-0.2, -0.15) is 0 Å². The van der Waals surface area contributed by atoms with Gasteiger partial charge in [-0.15, -0.1) is 0 Å². The summed E-state index contributed by atoms with van der Waals surface area (Å²) in [5.41, 5.74) is 11.9. The van der Waals surface area contributed by atoms with Crippen LogP contribution >= 0.6 is 0 Å². The second-order valence-electron chi connectivity index (χ2n) is 36.4. The number of allylic oxidation sites excluding steroid dienone is 4. The molecule has 0 unspecified atom stereocenters. The molecule has 718 valence electrons. The fourth-order valence-corrected chi connectivity index (χ4v) is 18.2. The minimum atomic E-state index is -0.340. The van der Waals surface area contributed by atoms with E-state index in [1.165, 1.54) is 81.7 Å². The van der Waals surface area contributed by atoms with Crippen LogP contribution in [0.25, 0.3) is 60.8 Å². The van der Waals surface area contributed by atoms with E-state index in [2.05, 4.69) is 43.4 Å². The smallest absolute Gasteiger partial charge is 0.248 e. The summed E-state index contributed by atoms with van der Waals surface area (Å²) >= 11 is 0. The molecule has 11 aromatic rings. The van der Waals surface area contributed by atoms with E-state index in [9.17, 15) is 47.9 Å². The predicted octanol–water partition coefficient (Wildman–Crippen LogP) is 23.0. The summed E-state index contributed by atoms with van der Waals surface area (Å²) in [5, 5.41) is 14.0. The molecule has 17 rings (SSSR count). The highest BCUT2D eigenvalue weighted by Gasteiger charge is 2.51. The Morgan fingerprint density at radius 2 is 0.560 bits per heavy atom. The molecule has 4 bridgehead atoms. The first-order valence-corrected chi connectivity index (χ1v) is 48.9. The van der Waals surface area contributed by atoms with Crippen LogP contribution in [0.5, 0.6) is 0 Å². The first kappa shape index (κ1) is 104. The summed E-state index contributed by atoms with van der Waals surface area (Å²) in [5.74, 6) is 1.13. The van der Waals surface area contributed by atoms with Crippen molar-refractivity contribution in [3.05, 3.63) is 454 Å². The quantitative estimate of drug-likeness (QED) is 0.0231. The average molecular weight is 1880 g/mol. The second-order valence-corrected chi connectivity index (χ2v) is 36.4. The van der Waals surface area contributed by atoms with Crippen molar-refractivity contribution in [2.75, 3.05) is 39.8 Å². The molecule has 1 heterocycles. The maximum Gasteiger partial charge on any atom is 0.248 e. The third kappa shape index (κ3) is 37.7. The van der Waals surface area contributed by atoms with E-state index in [0.29, 0.717) is 54.5 Å². The standard InChI is InChI=1S/C29H31NO2.C25H21NO2.C24H27N3O2.C24H25NO2.C22H23NO2/c31-27(20-29-17-23-13-24(18-29)15-25(14-23)19-29)26(16-22-9-5-2-6-10-22)30-28(32)12-11-21-7-3-1-4-8-21;27-24(19-22-14-8-3-9-15-22)23(18-21-12-6-2-7-13-21)26-25(28)17-16-20-10-4-1-5-11-20;1-26-14-16-27(17-15-26)19-23(28)22(18-21-10-6-3-7-11-21)25-24(29)13-12-20-8-4-2-5-9-20;26-23(18-21-13-7-8-14-21)22(17-20-11-5-2-6-12-20)25-24(27)16-15-19-9-3-1-4-10-19;1-2-3-14-21(24)20(17-19-12-8-5-9-13-19)23-22(25)16-15-18-10-6-4-7-11-18/h1-12,16,23-25H,13-15,17-20H2,(H,30,32);1-18H,19H2,(H,26,28);2-13,18H,14-17,19H2,1H3,(H,25,29);1-6,9-12,15-17,21H,7-8,13-14,18H2,(H,25,27);4-13,15-17H,2-3,14H2,1H3,(H,23,25)/b12-11+,26-16-;17-16+,23-18-;13-12+,22-18-;16-15+,22-17-;16-15+,20-17-. The fraction of sp³-hybridized carbons (Fsp3) is 0.226. The molecular weight excluding hydrogens is 1750 g/mol. The normalized spacial score (nSPS) is 17.0. The molecule has 1 saturated heterocycles. The first-order valence-electron chi connectivity index (χ1n) is 48.9. The largest absolute Gasteiger partial charge is 0.319 e. The highest BCUT2D eigenvalue weighted by Crippen LogP contribution is 2.61.